The van der Waals surface area contributed by atoms with Gasteiger partial charge in [-0.1, -0.05) is 0 Å². The maximum Gasteiger partial charge on any atom is 0.319 e. The number of sulfone groups is 1. The van der Waals surface area contributed by atoms with Crippen molar-refractivity contribution in [3.8, 4) is 11.4 Å². The van der Waals surface area contributed by atoms with Crippen LogP contribution in [0.1, 0.15) is 38.8 Å². The Morgan fingerprint density at radius 2 is 1.87 bits per heavy atom. The zero-order chi connectivity index (χ0) is 22.2. The minimum atomic E-state index is -3.35. The van der Waals surface area contributed by atoms with Gasteiger partial charge < -0.3 is 21.5 Å². The molecule has 3 rings (SSSR count). The van der Waals surface area contributed by atoms with Crippen molar-refractivity contribution in [2.24, 2.45) is 0 Å². The van der Waals surface area contributed by atoms with Crippen LogP contribution in [-0.2, 0) is 14.6 Å². The van der Waals surface area contributed by atoms with Gasteiger partial charge in [-0.25, -0.2) is 23.2 Å². The number of urea groups is 1. The summed E-state index contributed by atoms with van der Waals surface area (Å²) in [7, 11) is -3.35. The first-order valence-corrected chi connectivity index (χ1v) is 11.5. The predicted molar refractivity (Wildman–Crippen MR) is 116 cm³/mol. The average molecular weight is 434 g/mol. The molecule has 5 N–H and O–H groups in total. The van der Waals surface area contributed by atoms with Crippen LogP contribution < -0.4 is 16.4 Å². The van der Waals surface area contributed by atoms with E-state index in [9.17, 15) is 18.3 Å². The topological polar surface area (TPSA) is 147 Å². The Hall–Kier alpha value is -2.72. The van der Waals surface area contributed by atoms with Crippen LogP contribution in [-0.4, -0.2) is 47.9 Å². The van der Waals surface area contributed by atoms with E-state index in [0.29, 0.717) is 35.6 Å². The molecule has 30 heavy (non-hydrogen) atoms. The molecular formula is C20H27N5O4S. The second-order valence-corrected chi connectivity index (χ2v) is 10.6. The number of nitrogens with one attached hydrogen (secondary N) is 2. The third-order valence-electron chi connectivity index (χ3n) is 5.33. The number of amides is 2. The second kappa shape index (κ2) is 7.84. The molecular weight excluding hydrogens is 406 g/mol. The Balaban J connectivity index is 1.84. The minimum Gasteiger partial charge on any atom is -0.394 e. The van der Waals surface area contributed by atoms with Crippen LogP contribution in [0.3, 0.4) is 0 Å². The number of aliphatic hydroxyl groups is 1. The van der Waals surface area contributed by atoms with Crippen LogP contribution in [0.15, 0.2) is 30.3 Å². The van der Waals surface area contributed by atoms with Crippen LogP contribution in [0.5, 0.6) is 0 Å². The first kappa shape index (κ1) is 22.0. The highest BCUT2D eigenvalue weighted by molar-refractivity contribution is 7.91. The summed E-state index contributed by atoms with van der Waals surface area (Å²) in [6.07, 6.45) is 3.09. The fourth-order valence-corrected chi connectivity index (χ4v) is 4.87. The number of hydrogen-bond acceptors (Lipinski definition) is 7. The van der Waals surface area contributed by atoms with Gasteiger partial charge in [0.1, 0.15) is 10.6 Å². The molecule has 1 aliphatic rings. The van der Waals surface area contributed by atoms with Crippen LogP contribution in [0.4, 0.5) is 16.3 Å². The molecule has 0 radical (unpaired) electrons. The van der Waals surface area contributed by atoms with E-state index in [1.807, 2.05) is 0 Å². The van der Waals surface area contributed by atoms with Gasteiger partial charge in [0, 0.05) is 23.6 Å². The molecule has 1 fully saturated rings. The lowest BCUT2D eigenvalue weighted by Crippen LogP contribution is -2.48. The molecule has 1 aliphatic carbocycles. The first-order valence-electron chi connectivity index (χ1n) is 9.61. The van der Waals surface area contributed by atoms with Crippen molar-refractivity contribution in [2.75, 3.05) is 23.9 Å². The highest BCUT2D eigenvalue weighted by Crippen LogP contribution is 2.47. The lowest BCUT2D eigenvalue weighted by Gasteiger charge is -2.39. The largest absolute Gasteiger partial charge is 0.394 e. The molecule has 1 heterocycles. The monoisotopic (exact) mass is 433 g/mol. The molecule has 10 heteroatoms. The first-order chi connectivity index (χ1) is 14.0. The van der Waals surface area contributed by atoms with Crippen LogP contribution in [0.25, 0.3) is 11.4 Å². The lowest BCUT2D eigenvalue weighted by atomic mass is 9.81. The van der Waals surface area contributed by atoms with Crippen molar-refractivity contribution in [1.82, 2.24) is 15.3 Å². The van der Waals surface area contributed by atoms with Gasteiger partial charge in [0.05, 0.1) is 17.8 Å². The summed E-state index contributed by atoms with van der Waals surface area (Å²) in [5, 5.41) is 14.6. The second-order valence-electron chi connectivity index (χ2n) is 8.32. The molecule has 0 spiro atoms. The number of carbonyl (C=O) groups is 1. The van der Waals surface area contributed by atoms with Gasteiger partial charge in [-0.3, -0.25) is 0 Å². The molecule has 1 saturated carbocycles. The molecule has 0 bridgehead atoms. The van der Waals surface area contributed by atoms with E-state index < -0.39 is 26.2 Å². The molecule has 1 aromatic heterocycles. The normalized spacial score (nSPS) is 15.9. The number of benzene rings is 1. The molecule has 162 valence electrons. The zero-order valence-corrected chi connectivity index (χ0v) is 18.1. The fourth-order valence-electron chi connectivity index (χ4n) is 3.36. The fraction of sp³-hybridized carbons (Fsp3) is 0.450. The molecule has 0 atom stereocenters. The number of nitrogens with two attached hydrogens (primary N) is 1. The number of anilines is 2. The molecule has 9 nitrogen and oxygen atoms in total. The van der Waals surface area contributed by atoms with Gasteiger partial charge in [-0.2, -0.15) is 0 Å². The number of aromatic nitrogens is 2. The summed E-state index contributed by atoms with van der Waals surface area (Å²) < 4.78 is 23.8. The molecule has 2 amide bonds. The minimum absolute atomic E-state index is 0.191. The van der Waals surface area contributed by atoms with E-state index in [2.05, 4.69) is 20.6 Å². The van der Waals surface area contributed by atoms with E-state index in [1.54, 1.807) is 38.1 Å². The number of hydrogen-bond donors (Lipinski definition) is 4. The highest BCUT2D eigenvalue weighted by atomic mass is 32.2. The summed E-state index contributed by atoms with van der Waals surface area (Å²) in [4.78, 5) is 20.8. The van der Waals surface area contributed by atoms with Crippen LogP contribution in [0, 0.1) is 0 Å². The summed E-state index contributed by atoms with van der Waals surface area (Å²) in [6, 6.07) is 7.90. The Morgan fingerprint density at radius 3 is 2.37 bits per heavy atom. The van der Waals surface area contributed by atoms with Gasteiger partial charge in [0.2, 0.25) is 0 Å². The van der Waals surface area contributed by atoms with E-state index >= 15 is 0 Å². The maximum absolute atomic E-state index is 12.4. The van der Waals surface area contributed by atoms with Crippen molar-refractivity contribution in [1.29, 1.82) is 0 Å². The molecule has 0 unspecified atom stereocenters. The number of aliphatic hydroxyl groups excluding tert-OH is 1. The summed E-state index contributed by atoms with van der Waals surface area (Å²) >= 11 is 0. The summed E-state index contributed by atoms with van der Waals surface area (Å²) in [5.41, 5.74) is 6.82. The Kier molecular flexibility index (Phi) is 5.74. The third-order valence-corrected chi connectivity index (χ3v) is 7.37. The summed E-state index contributed by atoms with van der Waals surface area (Å²) in [5.74, 6) is 0.537. The summed E-state index contributed by atoms with van der Waals surface area (Å²) in [6.45, 7) is 3.22. The Bertz CT molecular complexity index is 1050. The number of rotatable bonds is 6. The number of nitrogens with zero attached hydrogens (tertiary/aromatic N) is 2. The van der Waals surface area contributed by atoms with Gasteiger partial charge >= 0.3 is 6.03 Å². The van der Waals surface area contributed by atoms with Gasteiger partial charge in [0.25, 0.3) is 0 Å². The quantitative estimate of drug-likeness (QED) is 0.545. The van der Waals surface area contributed by atoms with Crippen molar-refractivity contribution in [2.45, 2.75) is 43.4 Å². The van der Waals surface area contributed by atoms with Crippen LogP contribution >= 0.6 is 0 Å². The van der Waals surface area contributed by atoms with E-state index in [-0.39, 0.29) is 12.4 Å². The number of carbonyl (C=O) groups excluding carboxylic acids is 1. The molecule has 1 aromatic carbocycles. The van der Waals surface area contributed by atoms with Gasteiger partial charge in [-0.05, 0) is 57.4 Å². The Morgan fingerprint density at radius 1 is 1.23 bits per heavy atom. The Labute approximate surface area is 176 Å². The highest BCUT2D eigenvalue weighted by Gasteiger charge is 2.49. The molecule has 0 aliphatic heterocycles. The lowest BCUT2D eigenvalue weighted by molar-refractivity contribution is 0.187. The maximum atomic E-state index is 12.4. The van der Waals surface area contributed by atoms with Gasteiger partial charge in [0.15, 0.2) is 15.7 Å². The van der Waals surface area contributed by atoms with E-state index in [4.69, 9.17) is 5.73 Å². The average Bonchev–Trinajstić information content (AvgIpc) is 2.59. The molecule has 2 aromatic rings. The standard InChI is InChI=1S/C20H27N5O4S/c1-19(2,12-26)25-18(27)22-14-7-5-13(6-8-14)17-23-15(11-16(21)24-17)20(9-4-10-20)30(3,28)29/h5-8,11,26H,4,9-10,12H2,1-3H3,(H2,21,23,24)(H2,22,25,27). The predicted octanol–water partition coefficient (Wildman–Crippen LogP) is 2.04. The van der Waals surface area contributed by atoms with Crippen molar-refractivity contribution in [3.63, 3.8) is 0 Å². The molecule has 0 saturated heterocycles. The van der Waals surface area contributed by atoms with Gasteiger partial charge in [-0.15, -0.1) is 0 Å². The van der Waals surface area contributed by atoms with Crippen molar-refractivity contribution in [3.05, 3.63) is 36.0 Å². The third kappa shape index (κ3) is 4.39. The number of nitrogen functional groups attached to an aromatic ring is 1. The van der Waals surface area contributed by atoms with Crippen LogP contribution in [0.2, 0.25) is 0 Å². The van der Waals surface area contributed by atoms with Crippen molar-refractivity contribution < 1.29 is 18.3 Å². The SMILES string of the molecule is CC(C)(CO)NC(=O)Nc1ccc(-c2nc(N)cc(C3(S(C)(=O)=O)CCC3)n2)cc1. The van der Waals surface area contributed by atoms with E-state index in [0.717, 1.165) is 6.42 Å². The van der Waals surface area contributed by atoms with E-state index in [1.165, 1.54) is 12.3 Å². The smallest absolute Gasteiger partial charge is 0.319 e. The zero-order valence-electron chi connectivity index (χ0n) is 17.3. The van der Waals surface area contributed by atoms with Crippen molar-refractivity contribution >= 4 is 27.4 Å².